The molecule has 0 saturated heterocycles. The Morgan fingerprint density at radius 3 is 2.21 bits per heavy atom. The molecule has 1 aromatic carbocycles. The molecule has 0 unspecified atom stereocenters. The number of nitrogens with one attached hydrogen (secondary N) is 1. The topological polar surface area (TPSA) is 65.3 Å². The van der Waals surface area contributed by atoms with E-state index >= 15 is 0 Å². The van der Waals surface area contributed by atoms with Gasteiger partial charge in [-0.15, -0.1) is 0 Å². The monoisotopic (exact) mass is 399 g/mol. The van der Waals surface area contributed by atoms with E-state index < -0.39 is 28.6 Å². The van der Waals surface area contributed by atoms with E-state index in [9.17, 15) is 22.8 Å². The number of nitrogens with zero attached hydrogens (tertiary/aromatic N) is 2. The van der Waals surface area contributed by atoms with Crippen molar-refractivity contribution in [1.29, 1.82) is 0 Å². The van der Waals surface area contributed by atoms with Gasteiger partial charge in [-0.05, 0) is 38.5 Å². The van der Waals surface area contributed by atoms with Crippen molar-refractivity contribution in [3.63, 3.8) is 0 Å². The summed E-state index contributed by atoms with van der Waals surface area (Å²) in [6.07, 6.45) is -3.16. The number of aromatic nitrogens is 2. The fourth-order valence-electron chi connectivity index (χ4n) is 2.73. The summed E-state index contributed by atoms with van der Waals surface area (Å²) in [4.78, 5) is 23.8. The highest BCUT2D eigenvalue weighted by molar-refractivity contribution is 5.38. The van der Waals surface area contributed by atoms with Gasteiger partial charge in [-0.2, -0.15) is 13.2 Å². The first-order chi connectivity index (χ1) is 12.8. The summed E-state index contributed by atoms with van der Waals surface area (Å²) >= 11 is 0. The minimum atomic E-state index is -4.54. The van der Waals surface area contributed by atoms with E-state index in [0.717, 1.165) is 10.6 Å². The van der Waals surface area contributed by atoms with Crippen LogP contribution in [-0.4, -0.2) is 14.7 Å². The number of benzene rings is 1. The molecule has 0 radical (unpaired) electrons. The molecule has 0 spiro atoms. The lowest BCUT2D eigenvalue weighted by Gasteiger charge is -2.23. The van der Waals surface area contributed by atoms with Gasteiger partial charge in [-0.3, -0.25) is 9.36 Å². The number of hydrogen-bond donors (Lipinski definition) is 1. The van der Waals surface area contributed by atoms with E-state index in [1.54, 1.807) is 20.8 Å². The standard InChI is InChI=1S/C19H24F3N3O3/c1-18(2,3)28-14-7-6-12(15(8-14)19(20,21)22)9-23-10-13-11-24(4)17(27)25(5)16(13)26/h6-8,11,23H,9-10H2,1-5H3. The third kappa shape index (κ3) is 5.25. The summed E-state index contributed by atoms with van der Waals surface area (Å²) in [5.41, 5.74) is -2.05. The van der Waals surface area contributed by atoms with Crippen LogP contribution in [-0.2, 0) is 33.4 Å². The third-order valence-corrected chi connectivity index (χ3v) is 3.96. The molecule has 2 aromatic rings. The zero-order chi connectivity index (χ0) is 21.3. The van der Waals surface area contributed by atoms with Gasteiger partial charge in [0, 0.05) is 38.9 Å². The highest BCUT2D eigenvalue weighted by Gasteiger charge is 2.34. The second-order valence-electron chi connectivity index (χ2n) is 7.55. The molecule has 0 atom stereocenters. The molecule has 1 aromatic heterocycles. The Morgan fingerprint density at radius 2 is 1.64 bits per heavy atom. The smallest absolute Gasteiger partial charge is 0.416 e. The van der Waals surface area contributed by atoms with Crippen LogP contribution in [0.3, 0.4) is 0 Å². The summed E-state index contributed by atoms with van der Waals surface area (Å²) < 4.78 is 48.1. The number of alkyl halides is 3. The fraction of sp³-hybridized carbons (Fsp3) is 0.474. The molecule has 0 aliphatic heterocycles. The zero-order valence-electron chi connectivity index (χ0n) is 16.5. The van der Waals surface area contributed by atoms with E-state index in [-0.39, 0.29) is 30.0 Å². The van der Waals surface area contributed by atoms with Crippen LogP contribution in [0.5, 0.6) is 5.75 Å². The third-order valence-electron chi connectivity index (χ3n) is 3.96. The molecule has 2 rings (SSSR count). The second-order valence-corrected chi connectivity index (χ2v) is 7.55. The lowest BCUT2D eigenvalue weighted by molar-refractivity contribution is -0.138. The summed E-state index contributed by atoms with van der Waals surface area (Å²) in [5, 5.41) is 2.84. The average Bonchev–Trinajstić information content (AvgIpc) is 2.56. The van der Waals surface area contributed by atoms with E-state index in [1.807, 2.05) is 0 Å². The molecule has 28 heavy (non-hydrogen) atoms. The molecule has 0 saturated carbocycles. The van der Waals surface area contributed by atoms with Gasteiger partial charge in [0.15, 0.2) is 0 Å². The van der Waals surface area contributed by atoms with Gasteiger partial charge >= 0.3 is 11.9 Å². The minimum absolute atomic E-state index is 0.0261. The van der Waals surface area contributed by atoms with Gasteiger partial charge in [0.2, 0.25) is 0 Å². The van der Waals surface area contributed by atoms with Gasteiger partial charge in [0.05, 0.1) is 5.56 Å². The van der Waals surface area contributed by atoms with Crippen molar-refractivity contribution in [3.8, 4) is 5.75 Å². The molecule has 6 nitrogen and oxygen atoms in total. The van der Waals surface area contributed by atoms with Crippen molar-refractivity contribution in [1.82, 2.24) is 14.5 Å². The first-order valence-corrected chi connectivity index (χ1v) is 8.65. The van der Waals surface area contributed by atoms with Crippen LogP contribution in [0.15, 0.2) is 34.0 Å². The van der Waals surface area contributed by atoms with Crippen molar-refractivity contribution in [2.75, 3.05) is 0 Å². The number of rotatable bonds is 5. The average molecular weight is 399 g/mol. The number of halogens is 3. The number of hydrogen-bond acceptors (Lipinski definition) is 4. The van der Waals surface area contributed by atoms with Gasteiger partial charge < -0.3 is 14.6 Å². The predicted molar refractivity (Wildman–Crippen MR) is 99.3 cm³/mol. The maximum Gasteiger partial charge on any atom is 0.416 e. The molecule has 1 N–H and O–H groups in total. The fourth-order valence-corrected chi connectivity index (χ4v) is 2.73. The first kappa shape index (κ1) is 21.7. The molecule has 0 amide bonds. The van der Waals surface area contributed by atoms with E-state index in [4.69, 9.17) is 4.74 Å². The van der Waals surface area contributed by atoms with Crippen LogP contribution in [0.25, 0.3) is 0 Å². The van der Waals surface area contributed by atoms with Gasteiger partial charge in [0.1, 0.15) is 11.4 Å². The summed E-state index contributed by atoms with van der Waals surface area (Å²) in [5.74, 6) is 0.135. The van der Waals surface area contributed by atoms with E-state index in [0.29, 0.717) is 0 Å². The molecule has 0 bridgehead atoms. The van der Waals surface area contributed by atoms with Crippen molar-refractivity contribution in [3.05, 3.63) is 61.9 Å². The van der Waals surface area contributed by atoms with Crippen LogP contribution in [0.2, 0.25) is 0 Å². The normalized spacial score (nSPS) is 12.3. The molecule has 0 fully saturated rings. The zero-order valence-corrected chi connectivity index (χ0v) is 16.5. The van der Waals surface area contributed by atoms with Crippen LogP contribution in [0.4, 0.5) is 13.2 Å². The molecule has 0 aliphatic carbocycles. The minimum Gasteiger partial charge on any atom is -0.488 e. The van der Waals surface area contributed by atoms with E-state index in [2.05, 4.69) is 5.32 Å². The lowest BCUT2D eigenvalue weighted by Crippen LogP contribution is -2.39. The Morgan fingerprint density at radius 1 is 1.04 bits per heavy atom. The maximum absolute atomic E-state index is 13.5. The second kappa shape index (κ2) is 7.83. The molecular weight excluding hydrogens is 375 g/mol. The van der Waals surface area contributed by atoms with Crippen LogP contribution in [0, 0.1) is 0 Å². The van der Waals surface area contributed by atoms with Crippen molar-refractivity contribution in [2.24, 2.45) is 14.1 Å². The molecule has 0 aliphatic rings. The number of aryl methyl sites for hydroxylation is 1. The Hall–Kier alpha value is -2.55. The predicted octanol–water partition coefficient (Wildman–Crippen LogP) is 2.57. The highest BCUT2D eigenvalue weighted by atomic mass is 19.4. The highest BCUT2D eigenvalue weighted by Crippen LogP contribution is 2.35. The largest absolute Gasteiger partial charge is 0.488 e. The first-order valence-electron chi connectivity index (χ1n) is 8.65. The van der Waals surface area contributed by atoms with Crippen molar-refractivity contribution >= 4 is 0 Å². The summed E-state index contributed by atoms with van der Waals surface area (Å²) in [7, 11) is 2.85. The molecule has 154 valence electrons. The van der Waals surface area contributed by atoms with Crippen LogP contribution in [0.1, 0.15) is 37.5 Å². The Balaban J connectivity index is 2.23. The van der Waals surface area contributed by atoms with Crippen LogP contribution < -0.4 is 21.3 Å². The summed E-state index contributed by atoms with van der Waals surface area (Å²) in [6, 6.07) is 3.83. The van der Waals surface area contributed by atoms with Crippen LogP contribution >= 0.6 is 0 Å². The molecule has 9 heteroatoms. The Labute approximate surface area is 160 Å². The molecule has 1 heterocycles. The summed E-state index contributed by atoms with van der Waals surface area (Å²) in [6.45, 7) is 5.19. The van der Waals surface area contributed by atoms with Crippen molar-refractivity contribution in [2.45, 2.75) is 45.6 Å². The Kier molecular flexibility index (Phi) is 6.08. The lowest BCUT2D eigenvalue weighted by atomic mass is 10.1. The van der Waals surface area contributed by atoms with Crippen molar-refractivity contribution < 1.29 is 17.9 Å². The molecular formula is C19H24F3N3O3. The van der Waals surface area contributed by atoms with Gasteiger partial charge in [-0.1, -0.05) is 6.07 Å². The van der Waals surface area contributed by atoms with Gasteiger partial charge in [0.25, 0.3) is 5.56 Å². The Bertz CT molecular complexity index is 970. The quantitative estimate of drug-likeness (QED) is 0.839. The SMILES string of the molecule is Cn1cc(CNCc2ccc(OC(C)(C)C)cc2C(F)(F)F)c(=O)n(C)c1=O. The van der Waals surface area contributed by atoms with Gasteiger partial charge in [-0.25, -0.2) is 4.79 Å². The number of ether oxygens (including phenoxy) is 1. The maximum atomic E-state index is 13.5. The van der Waals surface area contributed by atoms with E-state index in [1.165, 1.54) is 37.0 Å².